The van der Waals surface area contributed by atoms with Gasteiger partial charge in [0.1, 0.15) is 6.04 Å². The van der Waals surface area contributed by atoms with Crippen molar-refractivity contribution in [3.05, 3.63) is 70.8 Å². The Kier molecular flexibility index (Phi) is 8.47. The van der Waals surface area contributed by atoms with E-state index in [1.165, 1.54) is 27.0 Å². The van der Waals surface area contributed by atoms with Crippen LogP contribution in [0.3, 0.4) is 0 Å². The van der Waals surface area contributed by atoms with E-state index in [-0.39, 0.29) is 24.3 Å². The molecule has 1 unspecified atom stereocenters. The number of hydrogen-bond acceptors (Lipinski definition) is 6. The van der Waals surface area contributed by atoms with E-state index in [0.717, 1.165) is 55.2 Å². The topological polar surface area (TPSA) is 90.5 Å². The lowest BCUT2D eigenvalue weighted by atomic mass is 9.84. The van der Waals surface area contributed by atoms with Gasteiger partial charge in [-0.3, -0.25) is 9.59 Å². The largest absolute Gasteiger partial charge is 0.365 e. The Bertz CT molecular complexity index is 1410. The van der Waals surface area contributed by atoms with Crippen LogP contribution in [0.5, 0.6) is 0 Å². The van der Waals surface area contributed by atoms with Crippen molar-refractivity contribution in [3.63, 3.8) is 0 Å². The van der Waals surface area contributed by atoms with E-state index in [4.69, 9.17) is 4.74 Å². The summed E-state index contributed by atoms with van der Waals surface area (Å²) in [5.41, 5.74) is 2.47. The highest BCUT2D eigenvalue weighted by atomic mass is 32.2. The minimum absolute atomic E-state index is 0.00633. The van der Waals surface area contributed by atoms with Gasteiger partial charge in [0.2, 0.25) is 21.8 Å². The molecule has 9 nitrogen and oxygen atoms in total. The number of halogens is 2. The van der Waals surface area contributed by atoms with Crippen molar-refractivity contribution in [2.75, 3.05) is 59.1 Å². The van der Waals surface area contributed by atoms with Gasteiger partial charge in [0.25, 0.3) is 0 Å². The van der Waals surface area contributed by atoms with Crippen LogP contribution in [0.15, 0.2) is 42.5 Å². The summed E-state index contributed by atoms with van der Waals surface area (Å²) in [6.45, 7) is 3.12. The molecule has 2 amide bonds. The van der Waals surface area contributed by atoms with Crippen molar-refractivity contribution in [3.8, 4) is 0 Å². The molecule has 2 aromatic carbocycles. The average molecular weight is 591 g/mol. The number of fused-ring (bicyclic) bond motifs is 2. The van der Waals surface area contributed by atoms with Gasteiger partial charge in [0, 0.05) is 39.8 Å². The first-order valence-electron chi connectivity index (χ1n) is 13.9. The zero-order valence-corrected chi connectivity index (χ0v) is 24.2. The first-order valence-corrected chi connectivity index (χ1v) is 15.7. The molecule has 41 heavy (non-hydrogen) atoms. The summed E-state index contributed by atoms with van der Waals surface area (Å²) in [5, 5.41) is 0. The molecule has 2 aromatic rings. The number of likely N-dealkylation sites (tertiary alicyclic amines) is 1. The molecule has 2 saturated heterocycles. The van der Waals surface area contributed by atoms with Crippen LogP contribution >= 0.6 is 0 Å². The van der Waals surface area contributed by atoms with Crippen molar-refractivity contribution in [1.82, 2.24) is 19.0 Å². The quantitative estimate of drug-likeness (QED) is 0.470. The van der Waals surface area contributed by atoms with E-state index in [2.05, 4.69) is 23.1 Å². The lowest BCUT2D eigenvalue weighted by Crippen LogP contribution is -2.55. The molecule has 5 rings (SSSR count). The Morgan fingerprint density at radius 2 is 1.80 bits per heavy atom. The number of sulfonamides is 1. The van der Waals surface area contributed by atoms with Gasteiger partial charge < -0.3 is 19.4 Å². The number of piperazine rings is 1. The van der Waals surface area contributed by atoms with Gasteiger partial charge in [-0.05, 0) is 54.6 Å². The highest BCUT2D eigenvalue weighted by Crippen LogP contribution is 2.44. The Hall–Kier alpha value is -2.93. The van der Waals surface area contributed by atoms with Crippen LogP contribution < -0.4 is 0 Å². The number of amides is 2. The van der Waals surface area contributed by atoms with Gasteiger partial charge in [0.05, 0.1) is 25.0 Å². The number of hydrogen-bond donors (Lipinski definition) is 0. The molecule has 0 bridgehead atoms. The maximum atomic E-state index is 14.2. The third kappa shape index (κ3) is 6.15. The number of rotatable bonds is 8. The number of nitrogens with zero attached hydrogens (tertiary/aromatic N) is 4. The molecule has 0 radical (unpaired) electrons. The number of likely N-dealkylation sites (N-methyl/N-ethyl adjacent to an activating group) is 1. The van der Waals surface area contributed by atoms with Crippen LogP contribution in [-0.2, 0) is 36.6 Å². The maximum Gasteiger partial charge on any atom is 0.249 e. The second-order valence-electron chi connectivity index (χ2n) is 11.2. The normalized spacial score (nSPS) is 20.3. The SMILES string of the molecule is CN(CCCN1CCC2(CC1)OCc1ccccc12)C(=O)C(c1ccc(F)c(F)c1)N1CCN(S(C)(=O)=O)CC1=O. The molecule has 3 aliphatic rings. The van der Waals surface area contributed by atoms with Crippen molar-refractivity contribution < 1.29 is 31.5 Å². The molecule has 3 heterocycles. The summed E-state index contributed by atoms with van der Waals surface area (Å²) >= 11 is 0. The van der Waals surface area contributed by atoms with Crippen molar-refractivity contribution in [2.24, 2.45) is 0 Å². The standard InChI is InChI=1S/C29H36F2N4O5S/c1-32(12-5-13-33-14-10-29(11-15-33)23-7-4-3-6-22(23)20-40-29)28(37)27(21-8-9-24(30)25(31)18-21)35-17-16-34(19-26(35)36)41(2,38)39/h3-4,6-9,18,27H,5,10-17,19-20H2,1-2H3. The van der Waals surface area contributed by atoms with Crippen LogP contribution in [0.2, 0.25) is 0 Å². The number of piperidine rings is 1. The van der Waals surface area contributed by atoms with Gasteiger partial charge >= 0.3 is 0 Å². The third-order valence-electron chi connectivity index (χ3n) is 8.52. The van der Waals surface area contributed by atoms with Gasteiger partial charge in [-0.1, -0.05) is 30.3 Å². The van der Waals surface area contributed by atoms with Crippen LogP contribution in [-0.4, -0.2) is 98.4 Å². The zero-order valence-electron chi connectivity index (χ0n) is 23.4. The van der Waals surface area contributed by atoms with Crippen LogP contribution in [0, 0.1) is 11.6 Å². The van der Waals surface area contributed by atoms with Gasteiger partial charge in [-0.15, -0.1) is 0 Å². The van der Waals surface area contributed by atoms with Crippen molar-refractivity contribution in [2.45, 2.75) is 37.5 Å². The molecular formula is C29H36F2N4O5S. The monoisotopic (exact) mass is 590 g/mol. The minimum Gasteiger partial charge on any atom is -0.365 e. The van der Waals surface area contributed by atoms with Crippen molar-refractivity contribution in [1.29, 1.82) is 0 Å². The van der Waals surface area contributed by atoms with E-state index in [0.29, 0.717) is 19.6 Å². The highest BCUT2D eigenvalue weighted by molar-refractivity contribution is 7.88. The fourth-order valence-corrected chi connectivity index (χ4v) is 6.90. The summed E-state index contributed by atoms with van der Waals surface area (Å²) in [6, 6.07) is 10.3. The van der Waals surface area contributed by atoms with Crippen molar-refractivity contribution >= 4 is 21.8 Å². The lowest BCUT2D eigenvalue weighted by molar-refractivity contribution is -0.147. The van der Waals surface area contributed by atoms with Gasteiger partial charge in [-0.2, -0.15) is 4.31 Å². The molecule has 12 heteroatoms. The van der Waals surface area contributed by atoms with E-state index >= 15 is 0 Å². The first kappa shape index (κ1) is 29.6. The number of ether oxygens (including phenoxy) is 1. The van der Waals surface area contributed by atoms with E-state index < -0.39 is 46.1 Å². The predicted octanol–water partition coefficient (Wildman–Crippen LogP) is 2.48. The molecule has 0 aliphatic carbocycles. The molecule has 1 spiro atoms. The Morgan fingerprint density at radius 3 is 2.49 bits per heavy atom. The summed E-state index contributed by atoms with van der Waals surface area (Å²) in [6.07, 6.45) is 3.51. The molecule has 3 aliphatic heterocycles. The Labute approximate surface area is 239 Å². The molecule has 1 atom stereocenters. The zero-order chi connectivity index (χ0) is 29.4. The molecule has 2 fully saturated rings. The second kappa shape index (κ2) is 11.7. The Balaban J connectivity index is 1.21. The van der Waals surface area contributed by atoms with E-state index in [1.807, 2.05) is 6.07 Å². The molecular weight excluding hydrogens is 554 g/mol. The van der Waals surface area contributed by atoms with Crippen LogP contribution in [0.25, 0.3) is 0 Å². The lowest BCUT2D eigenvalue weighted by Gasteiger charge is -2.40. The van der Waals surface area contributed by atoms with Gasteiger partial charge in [-0.25, -0.2) is 17.2 Å². The third-order valence-corrected chi connectivity index (χ3v) is 9.77. The summed E-state index contributed by atoms with van der Waals surface area (Å²) < 4.78 is 59.1. The summed E-state index contributed by atoms with van der Waals surface area (Å²) in [5.74, 6) is -3.19. The number of carbonyl (C=O) groups excluding carboxylic acids is 2. The summed E-state index contributed by atoms with van der Waals surface area (Å²) in [7, 11) is -1.97. The smallest absolute Gasteiger partial charge is 0.249 e. The fraction of sp³-hybridized carbons (Fsp3) is 0.517. The van der Waals surface area contributed by atoms with E-state index in [9.17, 15) is 26.8 Å². The minimum atomic E-state index is -3.60. The summed E-state index contributed by atoms with van der Waals surface area (Å²) in [4.78, 5) is 31.8. The molecule has 0 aromatic heterocycles. The second-order valence-corrected chi connectivity index (χ2v) is 13.1. The van der Waals surface area contributed by atoms with Gasteiger partial charge in [0.15, 0.2) is 11.6 Å². The Morgan fingerprint density at radius 1 is 1.07 bits per heavy atom. The number of benzene rings is 2. The predicted molar refractivity (Wildman–Crippen MR) is 148 cm³/mol. The first-order chi connectivity index (χ1) is 19.5. The van der Waals surface area contributed by atoms with E-state index in [1.54, 1.807) is 7.05 Å². The molecule has 0 N–H and O–H groups in total. The maximum absolute atomic E-state index is 14.2. The number of carbonyl (C=O) groups is 2. The average Bonchev–Trinajstić information content (AvgIpc) is 3.30. The highest BCUT2D eigenvalue weighted by Gasteiger charge is 2.42. The molecule has 222 valence electrons. The van der Waals surface area contributed by atoms with Crippen LogP contribution in [0.1, 0.15) is 42.0 Å². The van der Waals surface area contributed by atoms with Crippen LogP contribution in [0.4, 0.5) is 8.78 Å². The molecule has 0 saturated carbocycles. The fourth-order valence-electron chi connectivity index (χ4n) is 6.15.